The number of aromatic nitrogens is 2. The second-order valence-corrected chi connectivity index (χ2v) is 5.56. The zero-order valence-corrected chi connectivity index (χ0v) is 11.9. The maximum atomic E-state index is 12.6. The number of rotatable bonds is 3. The number of alkyl halides is 3. The Labute approximate surface area is 122 Å². The van der Waals surface area contributed by atoms with Crippen LogP contribution < -0.4 is 0 Å². The lowest BCUT2D eigenvalue weighted by atomic mass is 10.2. The van der Waals surface area contributed by atoms with E-state index in [9.17, 15) is 18.3 Å². The van der Waals surface area contributed by atoms with Gasteiger partial charge < -0.3 is 5.11 Å². The molecule has 0 spiro atoms. The van der Waals surface area contributed by atoms with Gasteiger partial charge in [-0.25, -0.2) is 0 Å². The Hall–Kier alpha value is -1.34. The van der Waals surface area contributed by atoms with Gasteiger partial charge in [0, 0.05) is 23.9 Å². The SMILES string of the molecule is Cn1cc(Cl)c(CSc2cc(O)cc(C(F)(F)F)c2)n1. The molecule has 0 fully saturated rings. The summed E-state index contributed by atoms with van der Waals surface area (Å²) in [5, 5.41) is 13.9. The molecule has 2 rings (SSSR count). The molecular weight excluding hydrogens is 313 g/mol. The van der Waals surface area contributed by atoms with Gasteiger partial charge in [-0.15, -0.1) is 11.8 Å². The third-order valence-electron chi connectivity index (χ3n) is 2.45. The van der Waals surface area contributed by atoms with Gasteiger partial charge in [-0.05, 0) is 18.2 Å². The number of aryl methyl sites for hydroxylation is 1. The van der Waals surface area contributed by atoms with E-state index in [4.69, 9.17) is 11.6 Å². The molecule has 0 radical (unpaired) electrons. The van der Waals surface area contributed by atoms with Crippen molar-refractivity contribution < 1.29 is 18.3 Å². The summed E-state index contributed by atoms with van der Waals surface area (Å²) in [7, 11) is 1.70. The van der Waals surface area contributed by atoms with Gasteiger partial charge in [0.1, 0.15) is 5.75 Å². The van der Waals surface area contributed by atoms with Gasteiger partial charge in [-0.2, -0.15) is 18.3 Å². The second-order valence-electron chi connectivity index (χ2n) is 4.10. The molecule has 0 aliphatic rings. The first-order valence-electron chi connectivity index (χ1n) is 5.48. The van der Waals surface area contributed by atoms with E-state index in [0.29, 0.717) is 27.4 Å². The molecular formula is C12H10ClF3N2OS. The number of phenolic OH excluding ortho intramolecular Hbond substituents is 1. The fourth-order valence-corrected chi connectivity index (χ4v) is 2.84. The van der Waals surface area contributed by atoms with Crippen molar-refractivity contribution in [2.75, 3.05) is 0 Å². The molecule has 2 aromatic rings. The summed E-state index contributed by atoms with van der Waals surface area (Å²) in [4.78, 5) is 0.305. The van der Waals surface area contributed by atoms with Gasteiger partial charge in [0.15, 0.2) is 0 Å². The van der Waals surface area contributed by atoms with Gasteiger partial charge in [0.25, 0.3) is 0 Å². The van der Waals surface area contributed by atoms with E-state index in [-0.39, 0.29) is 0 Å². The van der Waals surface area contributed by atoms with Crippen molar-refractivity contribution in [1.29, 1.82) is 0 Å². The molecule has 108 valence electrons. The first-order valence-corrected chi connectivity index (χ1v) is 6.84. The zero-order chi connectivity index (χ0) is 14.9. The molecule has 0 saturated carbocycles. The summed E-state index contributed by atoms with van der Waals surface area (Å²) >= 11 is 7.05. The monoisotopic (exact) mass is 322 g/mol. The number of hydrogen-bond acceptors (Lipinski definition) is 3. The summed E-state index contributed by atoms with van der Waals surface area (Å²) in [6.07, 6.45) is -2.88. The highest BCUT2D eigenvalue weighted by molar-refractivity contribution is 7.98. The standard InChI is InChI=1S/C12H10ClF3N2OS/c1-18-5-10(13)11(17-18)6-20-9-3-7(12(14,15)16)2-8(19)4-9/h2-5,19H,6H2,1H3. The fraction of sp³-hybridized carbons (Fsp3) is 0.250. The molecule has 8 heteroatoms. The van der Waals surface area contributed by atoms with Crippen molar-refractivity contribution in [3.63, 3.8) is 0 Å². The van der Waals surface area contributed by atoms with Crippen LogP contribution in [0.4, 0.5) is 13.2 Å². The Morgan fingerprint density at radius 2 is 2.05 bits per heavy atom. The molecule has 1 N–H and O–H groups in total. The topological polar surface area (TPSA) is 38.0 Å². The van der Waals surface area contributed by atoms with Crippen LogP contribution in [0.3, 0.4) is 0 Å². The fourth-order valence-electron chi connectivity index (χ4n) is 1.59. The van der Waals surface area contributed by atoms with Crippen LogP contribution in [0, 0.1) is 0 Å². The van der Waals surface area contributed by atoms with Crippen LogP contribution in [-0.2, 0) is 19.0 Å². The minimum atomic E-state index is -4.49. The molecule has 3 nitrogen and oxygen atoms in total. The Morgan fingerprint density at radius 1 is 1.35 bits per heavy atom. The van der Waals surface area contributed by atoms with Gasteiger partial charge in [0.05, 0.1) is 16.3 Å². The maximum Gasteiger partial charge on any atom is 0.416 e. The van der Waals surface area contributed by atoms with E-state index < -0.39 is 17.5 Å². The molecule has 0 atom stereocenters. The third kappa shape index (κ3) is 3.61. The lowest BCUT2D eigenvalue weighted by Crippen LogP contribution is -2.04. The summed E-state index contributed by atoms with van der Waals surface area (Å²) in [5.74, 6) is -0.102. The average Bonchev–Trinajstić information content (AvgIpc) is 2.63. The smallest absolute Gasteiger partial charge is 0.416 e. The third-order valence-corrected chi connectivity index (χ3v) is 3.75. The molecule has 1 aromatic carbocycles. The Kier molecular flexibility index (Phi) is 4.19. The van der Waals surface area contributed by atoms with Crippen LogP contribution in [0.25, 0.3) is 0 Å². The lowest BCUT2D eigenvalue weighted by molar-refractivity contribution is -0.137. The number of aromatic hydroxyl groups is 1. The first kappa shape index (κ1) is 15.1. The van der Waals surface area contributed by atoms with E-state index in [0.717, 1.165) is 17.8 Å². The van der Waals surface area contributed by atoms with Crippen molar-refractivity contribution in [1.82, 2.24) is 9.78 Å². The van der Waals surface area contributed by atoms with Crippen LogP contribution >= 0.6 is 23.4 Å². The summed E-state index contributed by atoms with van der Waals surface area (Å²) < 4.78 is 39.4. The molecule has 0 saturated heterocycles. The molecule has 0 bridgehead atoms. The van der Waals surface area contributed by atoms with Crippen molar-refractivity contribution in [2.45, 2.75) is 16.8 Å². The van der Waals surface area contributed by atoms with Crippen LogP contribution in [-0.4, -0.2) is 14.9 Å². The van der Waals surface area contributed by atoms with Crippen molar-refractivity contribution in [2.24, 2.45) is 7.05 Å². The van der Waals surface area contributed by atoms with Crippen molar-refractivity contribution >= 4 is 23.4 Å². The minimum Gasteiger partial charge on any atom is -0.508 e. The Morgan fingerprint density at radius 3 is 2.60 bits per heavy atom. The Bertz CT molecular complexity index is 628. The first-order chi connectivity index (χ1) is 9.25. The van der Waals surface area contributed by atoms with E-state index in [1.807, 2.05) is 0 Å². The molecule has 0 unspecified atom stereocenters. The predicted octanol–water partition coefficient (Wildman–Crippen LogP) is 4.09. The molecule has 1 aromatic heterocycles. The number of hydrogen-bond donors (Lipinski definition) is 1. The Balaban J connectivity index is 2.18. The quantitative estimate of drug-likeness (QED) is 0.865. The number of nitrogens with zero attached hydrogens (tertiary/aromatic N) is 2. The highest BCUT2D eigenvalue weighted by atomic mass is 35.5. The second kappa shape index (κ2) is 5.57. The number of benzene rings is 1. The van der Waals surface area contributed by atoms with Gasteiger partial charge in [-0.1, -0.05) is 11.6 Å². The maximum absolute atomic E-state index is 12.6. The van der Waals surface area contributed by atoms with Gasteiger partial charge >= 0.3 is 6.18 Å². The van der Waals surface area contributed by atoms with Gasteiger partial charge in [0.2, 0.25) is 0 Å². The van der Waals surface area contributed by atoms with E-state index >= 15 is 0 Å². The van der Waals surface area contributed by atoms with Crippen LogP contribution in [0.15, 0.2) is 29.3 Å². The number of phenols is 1. The lowest BCUT2D eigenvalue weighted by Gasteiger charge is -2.09. The highest BCUT2D eigenvalue weighted by Gasteiger charge is 2.31. The molecule has 0 aliphatic carbocycles. The van der Waals surface area contributed by atoms with E-state index in [2.05, 4.69) is 5.10 Å². The molecule has 20 heavy (non-hydrogen) atoms. The van der Waals surface area contributed by atoms with Crippen LogP contribution in [0.5, 0.6) is 5.75 Å². The van der Waals surface area contributed by atoms with Crippen LogP contribution in [0.1, 0.15) is 11.3 Å². The van der Waals surface area contributed by atoms with E-state index in [1.165, 1.54) is 10.7 Å². The minimum absolute atomic E-state index is 0.305. The largest absolute Gasteiger partial charge is 0.508 e. The summed E-state index contributed by atoms with van der Waals surface area (Å²) in [6, 6.07) is 2.95. The number of thioether (sulfide) groups is 1. The molecule has 0 amide bonds. The molecule has 1 heterocycles. The predicted molar refractivity (Wildman–Crippen MR) is 70.9 cm³/mol. The zero-order valence-electron chi connectivity index (χ0n) is 10.3. The van der Waals surface area contributed by atoms with Crippen LogP contribution in [0.2, 0.25) is 5.02 Å². The van der Waals surface area contributed by atoms with Gasteiger partial charge in [-0.3, -0.25) is 4.68 Å². The summed E-state index contributed by atoms with van der Waals surface area (Å²) in [6.45, 7) is 0. The van der Waals surface area contributed by atoms with E-state index in [1.54, 1.807) is 13.2 Å². The highest BCUT2D eigenvalue weighted by Crippen LogP contribution is 2.36. The average molecular weight is 323 g/mol. The van der Waals surface area contributed by atoms with Crippen molar-refractivity contribution in [3.8, 4) is 5.75 Å². The summed E-state index contributed by atoms with van der Waals surface area (Å²) in [5.41, 5.74) is -0.303. The number of halogens is 4. The van der Waals surface area contributed by atoms with Crippen molar-refractivity contribution in [3.05, 3.63) is 40.7 Å². The molecule has 0 aliphatic heterocycles. The normalized spacial score (nSPS) is 11.8.